The van der Waals surface area contributed by atoms with Gasteiger partial charge in [0.2, 0.25) is 0 Å². The Morgan fingerprint density at radius 2 is 1.25 bits per heavy atom. The monoisotopic (exact) mass is 380 g/mol. The van der Waals surface area contributed by atoms with Gasteiger partial charge in [0.1, 0.15) is 0 Å². The molecule has 2 aromatic rings. The second-order valence-electron chi connectivity index (χ2n) is 4.12. The standard InChI is InChI=1S/C10H12N4S6/c15-9-13-3-1-5-17-7-12-14(10(16)19-7)4-2-6-18-8(11-13)20-9/h1-6H2. The summed E-state index contributed by atoms with van der Waals surface area (Å²) in [6.07, 6.45) is 2.08. The van der Waals surface area contributed by atoms with Gasteiger partial charge in [-0.05, 0) is 37.3 Å². The highest BCUT2D eigenvalue weighted by Gasteiger charge is 2.08. The topological polar surface area (TPSA) is 35.6 Å². The molecule has 4 nitrogen and oxygen atoms in total. The van der Waals surface area contributed by atoms with Crippen LogP contribution in [0.25, 0.3) is 0 Å². The van der Waals surface area contributed by atoms with E-state index in [2.05, 4.69) is 10.2 Å². The zero-order chi connectivity index (χ0) is 13.9. The fourth-order valence-corrected chi connectivity index (χ4v) is 6.48. The molecule has 0 amide bonds. The maximum absolute atomic E-state index is 5.36. The van der Waals surface area contributed by atoms with Gasteiger partial charge in [0.25, 0.3) is 0 Å². The summed E-state index contributed by atoms with van der Waals surface area (Å²) in [5.74, 6) is 2.04. The highest BCUT2D eigenvalue weighted by Crippen LogP contribution is 2.26. The summed E-state index contributed by atoms with van der Waals surface area (Å²) in [7, 11) is 0. The van der Waals surface area contributed by atoms with Gasteiger partial charge in [-0.3, -0.25) is 0 Å². The van der Waals surface area contributed by atoms with Crippen molar-refractivity contribution in [3.05, 3.63) is 7.91 Å². The molecule has 3 heterocycles. The van der Waals surface area contributed by atoms with Crippen molar-refractivity contribution in [2.24, 2.45) is 0 Å². The van der Waals surface area contributed by atoms with Gasteiger partial charge in [0.05, 0.1) is 0 Å². The maximum atomic E-state index is 5.36. The van der Waals surface area contributed by atoms with Crippen molar-refractivity contribution in [1.29, 1.82) is 0 Å². The van der Waals surface area contributed by atoms with Crippen LogP contribution in [0.1, 0.15) is 12.8 Å². The Morgan fingerprint density at radius 1 is 0.800 bits per heavy atom. The zero-order valence-electron chi connectivity index (χ0n) is 10.5. The van der Waals surface area contributed by atoms with E-state index in [-0.39, 0.29) is 0 Å². The molecular weight excluding hydrogens is 369 g/mol. The summed E-state index contributed by atoms with van der Waals surface area (Å²) in [5, 5.41) is 9.15. The maximum Gasteiger partial charge on any atom is 0.180 e. The highest BCUT2D eigenvalue weighted by molar-refractivity contribution is 8.01. The minimum atomic E-state index is 0.880. The lowest BCUT2D eigenvalue weighted by Crippen LogP contribution is -2.03. The van der Waals surface area contributed by atoms with Crippen LogP contribution in [0, 0.1) is 7.91 Å². The summed E-state index contributed by atoms with van der Waals surface area (Å²) >= 11 is 17.5. The molecule has 4 bridgehead atoms. The van der Waals surface area contributed by atoms with Crippen LogP contribution < -0.4 is 0 Å². The lowest BCUT2D eigenvalue weighted by atomic mass is 10.5. The first-order chi connectivity index (χ1) is 9.72. The predicted molar refractivity (Wildman–Crippen MR) is 92.6 cm³/mol. The molecule has 0 radical (unpaired) electrons. The van der Waals surface area contributed by atoms with Crippen LogP contribution in [0.4, 0.5) is 0 Å². The molecule has 0 saturated heterocycles. The van der Waals surface area contributed by atoms with Crippen molar-refractivity contribution in [1.82, 2.24) is 19.6 Å². The molecular formula is C10H12N4S6. The first kappa shape index (κ1) is 15.2. The summed E-state index contributed by atoms with van der Waals surface area (Å²) in [5.41, 5.74) is 0. The molecule has 108 valence electrons. The fourth-order valence-electron chi connectivity index (χ4n) is 1.72. The van der Waals surface area contributed by atoms with Crippen LogP contribution in [0.5, 0.6) is 0 Å². The van der Waals surface area contributed by atoms with E-state index in [1.165, 1.54) is 0 Å². The molecule has 0 atom stereocenters. The average Bonchev–Trinajstić information content (AvgIpc) is 2.94. The van der Waals surface area contributed by atoms with Crippen LogP contribution in [-0.4, -0.2) is 31.1 Å². The number of nitrogens with zero attached hydrogens (tertiary/aromatic N) is 4. The van der Waals surface area contributed by atoms with Gasteiger partial charge in [-0.15, -0.1) is 0 Å². The molecule has 0 fully saturated rings. The number of aryl methyl sites for hydroxylation is 2. The number of hydrogen-bond donors (Lipinski definition) is 0. The van der Waals surface area contributed by atoms with E-state index in [4.69, 9.17) is 24.4 Å². The summed E-state index contributed by atoms with van der Waals surface area (Å²) in [4.78, 5) is 0. The Labute approximate surface area is 143 Å². The first-order valence-corrected chi connectivity index (χ1v) is 10.6. The molecule has 10 heteroatoms. The normalized spacial score (nSPS) is 16.8. The van der Waals surface area contributed by atoms with Crippen molar-refractivity contribution in [3.8, 4) is 0 Å². The number of hydrogen-bond acceptors (Lipinski definition) is 8. The Morgan fingerprint density at radius 3 is 1.70 bits per heavy atom. The summed E-state index contributed by atoms with van der Waals surface area (Å²) < 4.78 is 7.81. The minimum Gasteiger partial charge on any atom is -0.244 e. The van der Waals surface area contributed by atoms with E-state index in [9.17, 15) is 0 Å². The summed E-state index contributed by atoms with van der Waals surface area (Å²) in [6.45, 7) is 1.77. The first-order valence-electron chi connectivity index (χ1n) is 6.14. The van der Waals surface area contributed by atoms with Crippen LogP contribution in [0.15, 0.2) is 8.68 Å². The highest BCUT2D eigenvalue weighted by atomic mass is 32.2. The van der Waals surface area contributed by atoms with E-state index >= 15 is 0 Å². The van der Waals surface area contributed by atoms with Gasteiger partial charge in [0.15, 0.2) is 16.6 Å². The molecule has 1 aliphatic rings. The van der Waals surface area contributed by atoms with Crippen molar-refractivity contribution in [3.63, 3.8) is 0 Å². The number of rotatable bonds is 0. The minimum absolute atomic E-state index is 0.880. The lowest BCUT2D eigenvalue weighted by Gasteiger charge is -2.02. The van der Waals surface area contributed by atoms with Gasteiger partial charge < -0.3 is 0 Å². The molecule has 0 aliphatic carbocycles. The lowest BCUT2D eigenvalue weighted by molar-refractivity contribution is 0.578. The SMILES string of the molecule is S=c1sc2nn1CCCSc1nn(c(=S)s1)CCCS2. The number of fused-ring (bicyclic) bond motifs is 4. The Balaban J connectivity index is 1.77. The molecule has 0 unspecified atom stereocenters. The Hall–Kier alpha value is 0.260. The van der Waals surface area contributed by atoms with E-state index in [0.29, 0.717) is 0 Å². The molecule has 2 aromatic heterocycles. The molecule has 3 rings (SSSR count). The molecule has 1 aliphatic heterocycles. The second-order valence-corrected chi connectivity index (χ2v) is 10.0. The zero-order valence-corrected chi connectivity index (χ0v) is 15.4. The Kier molecular flexibility index (Phi) is 5.32. The van der Waals surface area contributed by atoms with Gasteiger partial charge in [0, 0.05) is 24.6 Å². The quantitative estimate of drug-likeness (QED) is 0.633. The molecule has 0 N–H and O–H groups in total. The van der Waals surface area contributed by atoms with Gasteiger partial charge >= 0.3 is 0 Å². The van der Waals surface area contributed by atoms with Gasteiger partial charge in [-0.1, -0.05) is 46.2 Å². The largest absolute Gasteiger partial charge is 0.244 e. The molecule has 0 saturated carbocycles. The third kappa shape index (κ3) is 3.72. The van der Waals surface area contributed by atoms with Crippen LogP contribution >= 0.6 is 70.6 Å². The molecule has 20 heavy (non-hydrogen) atoms. The summed E-state index contributed by atoms with van der Waals surface area (Å²) in [6, 6.07) is 0. The molecule has 0 aromatic carbocycles. The predicted octanol–water partition coefficient (Wildman–Crippen LogP) is 4.34. The van der Waals surface area contributed by atoms with Gasteiger partial charge in [-0.25, -0.2) is 9.36 Å². The second kappa shape index (κ2) is 7.01. The van der Waals surface area contributed by atoms with Crippen LogP contribution in [0.3, 0.4) is 0 Å². The van der Waals surface area contributed by atoms with E-state index in [1.54, 1.807) is 46.2 Å². The Bertz CT molecular complexity index is 635. The van der Waals surface area contributed by atoms with E-state index in [0.717, 1.165) is 54.0 Å². The van der Waals surface area contributed by atoms with E-state index in [1.807, 2.05) is 9.36 Å². The molecule has 0 spiro atoms. The van der Waals surface area contributed by atoms with Crippen molar-refractivity contribution < 1.29 is 0 Å². The number of aromatic nitrogens is 4. The third-order valence-electron chi connectivity index (χ3n) is 2.66. The average molecular weight is 381 g/mol. The van der Waals surface area contributed by atoms with Crippen LogP contribution in [-0.2, 0) is 13.1 Å². The van der Waals surface area contributed by atoms with Crippen molar-refractivity contribution >= 4 is 70.6 Å². The van der Waals surface area contributed by atoms with Crippen molar-refractivity contribution in [2.45, 2.75) is 34.6 Å². The smallest absolute Gasteiger partial charge is 0.180 e. The van der Waals surface area contributed by atoms with Gasteiger partial charge in [-0.2, -0.15) is 10.2 Å². The van der Waals surface area contributed by atoms with Crippen LogP contribution in [0.2, 0.25) is 0 Å². The third-order valence-corrected chi connectivity index (χ3v) is 7.71. The fraction of sp³-hybridized carbons (Fsp3) is 0.600. The van der Waals surface area contributed by atoms with Crippen molar-refractivity contribution in [2.75, 3.05) is 11.5 Å². The van der Waals surface area contributed by atoms with E-state index < -0.39 is 0 Å². The number of thioether (sulfide) groups is 2.